The van der Waals surface area contributed by atoms with E-state index in [0.29, 0.717) is 24.4 Å². The van der Waals surface area contributed by atoms with Crippen molar-refractivity contribution in [2.45, 2.75) is 25.6 Å². The molecule has 0 aromatic heterocycles. The van der Waals surface area contributed by atoms with Gasteiger partial charge in [0.25, 0.3) is 0 Å². The van der Waals surface area contributed by atoms with Crippen LogP contribution in [0.25, 0.3) is 0 Å². The average Bonchev–Trinajstić information content (AvgIpc) is 2.79. The summed E-state index contributed by atoms with van der Waals surface area (Å²) in [7, 11) is -1.96. The highest BCUT2D eigenvalue weighted by atomic mass is 32.2. The summed E-state index contributed by atoms with van der Waals surface area (Å²) in [6, 6.07) is 25.9. The first-order valence-corrected chi connectivity index (χ1v) is 12.2. The molecule has 0 spiro atoms. The van der Waals surface area contributed by atoms with Crippen molar-refractivity contribution in [3.05, 3.63) is 102 Å². The van der Waals surface area contributed by atoms with Crippen LogP contribution in [0.2, 0.25) is 0 Å². The number of methoxy groups -OCH3 is 1. The zero-order valence-corrected chi connectivity index (χ0v) is 19.1. The number of amides is 1. The quantitative estimate of drug-likeness (QED) is 0.506. The van der Waals surface area contributed by atoms with Crippen molar-refractivity contribution in [3.8, 4) is 5.75 Å². The Bertz CT molecular complexity index is 1060. The van der Waals surface area contributed by atoms with E-state index >= 15 is 0 Å². The Kier molecular flexibility index (Phi) is 8.03. The Morgan fingerprint density at radius 2 is 1.38 bits per heavy atom. The van der Waals surface area contributed by atoms with Crippen LogP contribution in [-0.4, -0.2) is 32.6 Å². The molecule has 6 nitrogen and oxygen atoms in total. The van der Waals surface area contributed by atoms with Gasteiger partial charge in [0.15, 0.2) is 0 Å². The Hall–Kier alpha value is -3.16. The van der Waals surface area contributed by atoms with Crippen LogP contribution in [0.15, 0.2) is 84.9 Å². The summed E-state index contributed by atoms with van der Waals surface area (Å²) in [6.45, 7) is 0.867. The zero-order chi connectivity index (χ0) is 23.0. The minimum Gasteiger partial charge on any atom is -0.497 e. The monoisotopic (exact) mass is 452 g/mol. The molecule has 1 N–H and O–H groups in total. The average molecular weight is 453 g/mol. The summed E-state index contributed by atoms with van der Waals surface area (Å²) in [5.41, 5.74) is 2.71. The number of rotatable bonds is 10. The van der Waals surface area contributed by atoms with Gasteiger partial charge >= 0.3 is 0 Å². The van der Waals surface area contributed by atoms with E-state index in [1.54, 1.807) is 36.3 Å². The SMILES string of the molecule is COc1ccc(C(CC(=O)N(Cc2ccccc2)Cc2ccccc2)NS(C)(=O)=O)cc1. The summed E-state index contributed by atoms with van der Waals surface area (Å²) < 4.78 is 31.8. The van der Waals surface area contributed by atoms with Gasteiger partial charge in [-0.15, -0.1) is 0 Å². The van der Waals surface area contributed by atoms with Gasteiger partial charge in [0.2, 0.25) is 15.9 Å². The van der Waals surface area contributed by atoms with Crippen molar-refractivity contribution in [2.24, 2.45) is 0 Å². The Morgan fingerprint density at radius 3 is 1.81 bits per heavy atom. The van der Waals surface area contributed by atoms with Gasteiger partial charge in [0.05, 0.1) is 19.4 Å². The number of sulfonamides is 1. The smallest absolute Gasteiger partial charge is 0.225 e. The van der Waals surface area contributed by atoms with E-state index in [0.717, 1.165) is 17.4 Å². The van der Waals surface area contributed by atoms with Crippen LogP contribution in [0.5, 0.6) is 5.75 Å². The highest BCUT2D eigenvalue weighted by Gasteiger charge is 2.24. The second kappa shape index (κ2) is 10.9. The molecule has 32 heavy (non-hydrogen) atoms. The van der Waals surface area contributed by atoms with Crippen molar-refractivity contribution in [3.63, 3.8) is 0 Å². The lowest BCUT2D eigenvalue weighted by molar-refractivity contribution is -0.133. The van der Waals surface area contributed by atoms with Crippen molar-refractivity contribution >= 4 is 15.9 Å². The molecule has 0 fully saturated rings. The van der Waals surface area contributed by atoms with E-state index in [1.165, 1.54) is 0 Å². The number of carbonyl (C=O) groups excluding carboxylic acids is 1. The lowest BCUT2D eigenvalue weighted by Gasteiger charge is -2.26. The number of carbonyl (C=O) groups is 1. The number of hydrogen-bond donors (Lipinski definition) is 1. The van der Waals surface area contributed by atoms with Crippen LogP contribution < -0.4 is 9.46 Å². The molecule has 3 rings (SSSR count). The normalized spacial score (nSPS) is 12.2. The summed E-state index contributed by atoms with van der Waals surface area (Å²) in [4.78, 5) is 15.2. The van der Waals surface area contributed by atoms with Gasteiger partial charge in [-0.1, -0.05) is 72.8 Å². The second-order valence-corrected chi connectivity index (χ2v) is 9.42. The van der Waals surface area contributed by atoms with E-state index in [2.05, 4.69) is 4.72 Å². The molecule has 0 bridgehead atoms. The molecule has 0 radical (unpaired) electrons. The van der Waals surface area contributed by atoms with Crippen LogP contribution in [0, 0.1) is 0 Å². The molecule has 0 heterocycles. The van der Waals surface area contributed by atoms with E-state index in [1.807, 2.05) is 60.7 Å². The summed E-state index contributed by atoms with van der Waals surface area (Å²) >= 11 is 0. The first kappa shape index (κ1) is 23.5. The molecule has 7 heteroatoms. The third-order valence-electron chi connectivity index (χ3n) is 5.04. The van der Waals surface area contributed by atoms with Crippen LogP contribution in [0.3, 0.4) is 0 Å². The minimum atomic E-state index is -3.53. The highest BCUT2D eigenvalue weighted by Crippen LogP contribution is 2.23. The van der Waals surface area contributed by atoms with Gasteiger partial charge < -0.3 is 9.64 Å². The van der Waals surface area contributed by atoms with Gasteiger partial charge in [-0.05, 0) is 28.8 Å². The van der Waals surface area contributed by atoms with E-state index in [-0.39, 0.29) is 12.3 Å². The number of benzene rings is 3. The van der Waals surface area contributed by atoms with Crippen molar-refractivity contribution in [1.82, 2.24) is 9.62 Å². The number of hydrogen-bond acceptors (Lipinski definition) is 4. The molecule has 0 saturated carbocycles. The van der Waals surface area contributed by atoms with E-state index < -0.39 is 16.1 Å². The maximum atomic E-state index is 13.4. The fraction of sp³-hybridized carbons (Fsp3) is 0.240. The molecular weight excluding hydrogens is 424 g/mol. The molecule has 1 amide bonds. The fourth-order valence-corrected chi connectivity index (χ4v) is 4.20. The fourth-order valence-electron chi connectivity index (χ4n) is 3.47. The largest absolute Gasteiger partial charge is 0.497 e. The Balaban J connectivity index is 1.85. The van der Waals surface area contributed by atoms with Gasteiger partial charge in [-0.25, -0.2) is 13.1 Å². The molecule has 3 aromatic rings. The second-order valence-electron chi connectivity index (χ2n) is 7.64. The van der Waals surface area contributed by atoms with Crippen LogP contribution in [0.1, 0.15) is 29.2 Å². The first-order chi connectivity index (χ1) is 15.3. The molecule has 1 unspecified atom stereocenters. The van der Waals surface area contributed by atoms with Gasteiger partial charge in [0.1, 0.15) is 5.75 Å². The standard InChI is InChI=1S/C25H28N2O4S/c1-31-23-15-13-22(14-16-23)24(26-32(2,29)30)17-25(28)27(18-20-9-5-3-6-10-20)19-21-11-7-4-8-12-21/h3-16,24,26H,17-19H2,1-2H3. The van der Waals surface area contributed by atoms with Gasteiger partial charge in [-0.2, -0.15) is 0 Å². The maximum Gasteiger partial charge on any atom is 0.225 e. The minimum absolute atomic E-state index is 0.000927. The molecule has 3 aromatic carbocycles. The van der Waals surface area contributed by atoms with Gasteiger partial charge in [-0.3, -0.25) is 4.79 Å². The van der Waals surface area contributed by atoms with Crippen molar-refractivity contribution < 1.29 is 17.9 Å². The molecular formula is C25H28N2O4S. The molecule has 168 valence electrons. The topological polar surface area (TPSA) is 75.7 Å². The van der Waals surface area contributed by atoms with Gasteiger partial charge in [0, 0.05) is 19.5 Å². The molecule has 0 aliphatic rings. The third kappa shape index (κ3) is 7.21. The number of nitrogens with one attached hydrogen (secondary N) is 1. The van der Waals surface area contributed by atoms with E-state index in [4.69, 9.17) is 4.74 Å². The molecule has 1 atom stereocenters. The van der Waals surface area contributed by atoms with Crippen LogP contribution >= 0.6 is 0 Å². The Labute approximate surface area is 189 Å². The zero-order valence-electron chi connectivity index (χ0n) is 18.3. The Morgan fingerprint density at radius 1 is 0.875 bits per heavy atom. The predicted molar refractivity (Wildman–Crippen MR) is 125 cm³/mol. The maximum absolute atomic E-state index is 13.4. The van der Waals surface area contributed by atoms with Crippen molar-refractivity contribution in [2.75, 3.05) is 13.4 Å². The summed E-state index contributed by atoms with van der Waals surface area (Å²) in [5, 5.41) is 0. The first-order valence-electron chi connectivity index (χ1n) is 10.3. The van der Waals surface area contributed by atoms with Crippen LogP contribution in [0.4, 0.5) is 0 Å². The predicted octanol–water partition coefficient (Wildman–Crippen LogP) is 3.90. The lowest BCUT2D eigenvalue weighted by atomic mass is 10.0. The number of ether oxygens (including phenoxy) is 1. The molecule has 0 aliphatic heterocycles. The third-order valence-corrected chi connectivity index (χ3v) is 5.75. The number of nitrogens with zero attached hydrogens (tertiary/aromatic N) is 1. The summed E-state index contributed by atoms with van der Waals surface area (Å²) in [5.74, 6) is 0.516. The van der Waals surface area contributed by atoms with Crippen molar-refractivity contribution in [1.29, 1.82) is 0 Å². The molecule has 0 aliphatic carbocycles. The highest BCUT2D eigenvalue weighted by molar-refractivity contribution is 7.88. The lowest BCUT2D eigenvalue weighted by Crippen LogP contribution is -2.35. The van der Waals surface area contributed by atoms with Crippen LogP contribution in [-0.2, 0) is 27.9 Å². The molecule has 0 saturated heterocycles. The van der Waals surface area contributed by atoms with E-state index in [9.17, 15) is 13.2 Å². The summed E-state index contributed by atoms with van der Waals surface area (Å²) in [6.07, 6.45) is 1.10.